The molecule has 0 atom stereocenters. The van der Waals surface area contributed by atoms with E-state index in [1.165, 1.54) is 22.9 Å². The van der Waals surface area contributed by atoms with Gasteiger partial charge in [0.1, 0.15) is 11.5 Å². The second-order valence-corrected chi connectivity index (χ2v) is 13.6. The van der Waals surface area contributed by atoms with Crippen LogP contribution in [-0.2, 0) is 32.8 Å². The van der Waals surface area contributed by atoms with Crippen molar-refractivity contribution in [3.63, 3.8) is 0 Å². The SMILES string of the molecule is C.CCc1ccc2c(c1)c(-c1ccc[nH]c1=O)c(C(=O)NS(=O)(=O)C1CC1)n2Cc1cc(S(C)(=O)=O)ccc1F. The van der Waals surface area contributed by atoms with Crippen LogP contribution in [0.1, 0.15) is 48.8 Å². The van der Waals surface area contributed by atoms with E-state index in [9.17, 15) is 26.4 Å². The fourth-order valence-electron chi connectivity index (χ4n) is 4.63. The van der Waals surface area contributed by atoms with Crippen molar-refractivity contribution in [3.05, 3.63) is 87.7 Å². The third-order valence-corrected chi connectivity index (χ3v) is 9.74. The quantitative estimate of drug-likeness (QED) is 0.299. The molecule has 2 aromatic heterocycles. The maximum absolute atomic E-state index is 15.0. The molecular formula is C28H30FN3O6S2. The Hall–Kier alpha value is -3.77. The van der Waals surface area contributed by atoms with Crippen LogP contribution in [0.25, 0.3) is 22.0 Å². The first-order valence-electron chi connectivity index (χ1n) is 12.3. The zero-order chi connectivity index (χ0) is 28.1. The maximum Gasteiger partial charge on any atom is 0.282 e. The predicted octanol–water partition coefficient (Wildman–Crippen LogP) is 4.01. The van der Waals surface area contributed by atoms with Crippen molar-refractivity contribution >= 4 is 36.7 Å². The van der Waals surface area contributed by atoms with Crippen LogP contribution in [0, 0.1) is 5.82 Å². The number of aromatic nitrogens is 2. The summed E-state index contributed by atoms with van der Waals surface area (Å²) in [5, 5.41) is -0.182. The van der Waals surface area contributed by atoms with Gasteiger partial charge in [-0.1, -0.05) is 20.4 Å². The second-order valence-electron chi connectivity index (χ2n) is 9.63. The van der Waals surface area contributed by atoms with Crippen LogP contribution in [-0.4, -0.2) is 43.8 Å². The molecule has 2 N–H and O–H groups in total. The first kappa shape index (κ1) is 29.2. The fourth-order valence-corrected chi connectivity index (χ4v) is 6.58. The summed E-state index contributed by atoms with van der Waals surface area (Å²) >= 11 is 0. The molecule has 0 bridgehead atoms. The van der Waals surface area contributed by atoms with Gasteiger partial charge in [0, 0.05) is 40.0 Å². The topological polar surface area (TPSA) is 135 Å². The molecule has 2 heterocycles. The lowest BCUT2D eigenvalue weighted by Crippen LogP contribution is -2.35. The van der Waals surface area contributed by atoms with Crippen molar-refractivity contribution in [2.45, 2.75) is 50.3 Å². The highest BCUT2D eigenvalue weighted by atomic mass is 32.2. The molecule has 0 unspecified atom stereocenters. The smallest absolute Gasteiger partial charge is 0.282 e. The summed E-state index contributed by atoms with van der Waals surface area (Å²) in [5.41, 5.74) is 1.01. The molecule has 5 rings (SSSR count). The monoisotopic (exact) mass is 587 g/mol. The Labute approximate surface area is 232 Å². The standard InChI is InChI=1S/C27H26FN3O6S2.CH4/c1-3-16-6-11-23-21(13-16)24(20-5-4-12-29-26(20)32)25(27(33)30-39(36,37)18-7-8-18)31(23)15-17-14-19(38(2,34)35)9-10-22(17)28;/h4-6,9-14,18H,3,7-8,15H2,1-2H3,(H,29,32)(H,30,33);1H4. The second kappa shape index (κ2) is 10.7. The minimum absolute atomic E-state index is 0. The van der Waals surface area contributed by atoms with E-state index < -0.39 is 42.4 Å². The molecular weight excluding hydrogens is 557 g/mol. The third kappa shape index (κ3) is 5.46. The number of pyridine rings is 1. The van der Waals surface area contributed by atoms with E-state index >= 15 is 4.39 Å². The molecule has 1 saturated carbocycles. The Kier molecular flexibility index (Phi) is 7.79. The summed E-state index contributed by atoms with van der Waals surface area (Å²) in [6.45, 7) is 1.64. The molecule has 9 nitrogen and oxygen atoms in total. The number of fused-ring (bicyclic) bond motifs is 1. The lowest BCUT2D eigenvalue weighted by atomic mass is 10.0. The number of halogens is 1. The minimum Gasteiger partial charge on any atom is -0.331 e. The molecule has 1 aliphatic rings. The fraction of sp³-hybridized carbons (Fsp3) is 0.286. The lowest BCUT2D eigenvalue weighted by Gasteiger charge is -2.14. The Morgan fingerprint density at radius 1 is 1.10 bits per heavy atom. The molecule has 40 heavy (non-hydrogen) atoms. The number of sulfone groups is 1. The van der Waals surface area contributed by atoms with Gasteiger partial charge in [0.05, 0.1) is 16.7 Å². The number of nitrogens with one attached hydrogen (secondary N) is 2. The van der Waals surface area contributed by atoms with Gasteiger partial charge in [0.15, 0.2) is 9.84 Å². The average Bonchev–Trinajstić information content (AvgIpc) is 3.69. The van der Waals surface area contributed by atoms with Gasteiger partial charge in [-0.2, -0.15) is 0 Å². The summed E-state index contributed by atoms with van der Waals surface area (Å²) < 4.78 is 68.4. The Morgan fingerprint density at radius 2 is 1.82 bits per heavy atom. The number of benzene rings is 2. The van der Waals surface area contributed by atoms with Gasteiger partial charge in [-0.3, -0.25) is 9.59 Å². The number of rotatable bonds is 8. The van der Waals surface area contributed by atoms with E-state index in [1.54, 1.807) is 12.1 Å². The number of hydrogen-bond acceptors (Lipinski definition) is 6. The molecule has 0 aliphatic heterocycles. The van der Waals surface area contributed by atoms with Gasteiger partial charge >= 0.3 is 0 Å². The van der Waals surface area contributed by atoms with Gasteiger partial charge in [-0.15, -0.1) is 0 Å². The highest BCUT2D eigenvalue weighted by Crippen LogP contribution is 2.36. The van der Waals surface area contributed by atoms with Crippen LogP contribution in [0.15, 0.2) is 64.4 Å². The number of aromatic amines is 1. The summed E-state index contributed by atoms with van der Waals surface area (Å²) in [7, 11) is -7.63. The summed E-state index contributed by atoms with van der Waals surface area (Å²) in [4.78, 5) is 29.1. The van der Waals surface area contributed by atoms with Gasteiger partial charge in [0.2, 0.25) is 10.0 Å². The van der Waals surface area contributed by atoms with Crippen LogP contribution in [0.5, 0.6) is 0 Å². The third-order valence-electron chi connectivity index (χ3n) is 6.81. The van der Waals surface area contributed by atoms with Crippen LogP contribution >= 0.6 is 0 Å². The Balaban J connectivity index is 0.00000370. The number of H-pyrrole nitrogens is 1. The van der Waals surface area contributed by atoms with Gasteiger partial charge in [0.25, 0.3) is 11.5 Å². The zero-order valence-electron chi connectivity index (χ0n) is 21.2. The summed E-state index contributed by atoms with van der Waals surface area (Å²) in [6, 6.07) is 11.8. The van der Waals surface area contributed by atoms with Crippen molar-refractivity contribution < 1.29 is 26.0 Å². The van der Waals surface area contributed by atoms with Crippen LogP contribution in [0.4, 0.5) is 4.39 Å². The molecule has 2 aromatic carbocycles. The number of carbonyl (C=O) groups is 1. The highest BCUT2D eigenvalue weighted by molar-refractivity contribution is 7.91. The molecule has 212 valence electrons. The normalized spacial score (nSPS) is 13.7. The van der Waals surface area contributed by atoms with E-state index in [0.717, 1.165) is 24.0 Å². The average molecular weight is 588 g/mol. The van der Waals surface area contributed by atoms with E-state index in [-0.39, 0.29) is 41.3 Å². The number of sulfonamides is 1. The lowest BCUT2D eigenvalue weighted by molar-refractivity contribution is 0.0973. The van der Waals surface area contributed by atoms with E-state index in [1.807, 2.05) is 19.1 Å². The van der Waals surface area contributed by atoms with Crippen LogP contribution in [0.3, 0.4) is 0 Å². The maximum atomic E-state index is 15.0. The highest BCUT2D eigenvalue weighted by Gasteiger charge is 2.38. The minimum atomic E-state index is -3.97. The molecule has 12 heteroatoms. The number of hydrogen-bond donors (Lipinski definition) is 2. The van der Waals surface area contributed by atoms with Crippen molar-refractivity contribution in [1.82, 2.24) is 14.3 Å². The molecule has 0 spiro atoms. The van der Waals surface area contributed by atoms with Crippen molar-refractivity contribution in [1.29, 1.82) is 0 Å². The first-order chi connectivity index (χ1) is 18.4. The van der Waals surface area contributed by atoms with Crippen LogP contribution in [0.2, 0.25) is 0 Å². The van der Waals surface area contributed by atoms with E-state index in [0.29, 0.717) is 30.2 Å². The van der Waals surface area contributed by atoms with Gasteiger partial charge in [-0.25, -0.2) is 25.9 Å². The van der Waals surface area contributed by atoms with Crippen molar-refractivity contribution in [3.8, 4) is 11.1 Å². The number of carbonyl (C=O) groups excluding carboxylic acids is 1. The van der Waals surface area contributed by atoms with Gasteiger partial charge in [-0.05, 0) is 67.3 Å². The van der Waals surface area contributed by atoms with Gasteiger partial charge < -0.3 is 9.55 Å². The largest absolute Gasteiger partial charge is 0.331 e. The van der Waals surface area contributed by atoms with Crippen molar-refractivity contribution in [2.75, 3.05) is 6.26 Å². The number of aryl methyl sites for hydroxylation is 1. The molecule has 1 amide bonds. The molecule has 0 saturated heterocycles. The molecule has 1 aliphatic carbocycles. The van der Waals surface area contributed by atoms with Crippen LogP contribution < -0.4 is 10.3 Å². The molecule has 0 radical (unpaired) electrons. The summed E-state index contributed by atoms with van der Waals surface area (Å²) in [6.07, 6.45) is 3.95. The first-order valence-corrected chi connectivity index (χ1v) is 15.7. The van der Waals surface area contributed by atoms with E-state index in [4.69, 9.17) is 0 Å². The van der Waals surface area contributed by atoms with Crippen molar-refractivity contribution in [2.24, 2.45) is 0 Å². The zero-order valence-corrected chi connectivity index (χ0v) is 22.8. The molecule has 4 aromatic rings. The summed E-state index contributed by atoms with van der Waals surface area (Å²) in [5.74, 6) is -1.67. The Morgan fingerprint density at radius 3 is 2.45 bits per heavy atom. The molecule has 1 fully saturated rings. The number of amides is 1. The van der Waals surface area contributed by atoms with E-state index in [2.05, 4.69) is 9.71 Å². The predicted molar refractivity (Wildman–Crippen MR) is 152 cm³/mol. The Bertz CT molecular complexity index is 1910. The number of nitrogens with zero attached hydrogens (tertiary/aromatic N) is 1.